The van der Waals surface area contributed by atoms with Crippen LogP contribution >= 0.6 is 0 Å². The van der Waals surface area contributed by atoms with E-state index >= 15 is 0 Å². The fourth-order valence-corrected chi connectivity index (χ4v) is 8.50. The fourth-order valence-electron chi connectivity index (χ4n) is 5.75. The van der Waals surface area contributed by atoms with E-state index in [1.54, 1.807) is 6.07 Å². The van der Waals surface area contributed by atoms with E-state index in [2.05, 4.69) is 79.9 Å². The van der Waals surface area contributed by atoms with Crippen LogP contribution in [0.3, 0.4) is 0 Å². The molecule has 5 nitrogen and oxygen atoms in total. The van der Waals surface area contributed by atoms with Crippen molar-refractivity contribution in [3.63, 3.8) is 0 Å². The molecule has 3 rings (SSSR count). The van der Waals surface area contributed by atoms with Crippen molar-refractivity contribution >= 4 is 22.6 Å². The number of benzene rings is 1. The minimum absolute atomic E-state index is 0.0252. The molecule has 1 fully saturated rings. The zero-order valence-corrected chi connectivity index (χ0v) is 31.2. The zero-order valence-electron chi connectivity index (χ0n) is 29.2. The lowest BCUT2D eigenvalue weighted by molar-refractivity contribution is -0.151. The Morgan fingerprint density at radius 3 is 2.27 bits per heavy atom. The summed E-state index contributed by atoms with van der Waals surface area (Å²) in [4.78, 5) is 12.7. The van der Waals surface area contributed by atoms with Gasteiger partial charge in [0.05, 0.1) is 17.8 Å². The second-order valence-electron chi connectivity index (χ2n) is 16.0. The van der Waals surface area contributed by atoms with Crippen LogP contribution in [0.4, 0.5) is 13.2 Å². The molecule has 0 N–H and O–H groups in total. The minimum Gasteiger partial charge on any atom is -0.491 e. The summed E-state index contributed by atoms with van der Waals surface area (Å²) in [6.07, 6.45) is 4.39. The Morgan fingerprint density at radius 1 is 0.978 bits per heavy atom. The van der Waals surface area contributed by atoms with Crippen molar-refractivity contribution < 1.29 is 36.3 Å². The summed E-state index contributed by atoms with van der Waals surface area (Å²) in [7, 11) is -4.38. The molecule has 10 heteroatoms. The second-order valence-corrected chi connectivity index (χ2v) is 25.5. The Morgan fingerprint density at radius 2 is 1.64 bits per heavy atom. The average molecular weight is 671 g/mol. The number of carbonyl (C=O) groups excluding carboxylic acids is 1. The monoisotopic (exact) mass is 670 g/mol. The molecule has 45 heavy (non-hydrogen) atoms. The zero-order chi connectivity index (χ0) is 33.8. The van der Waals surface area contributed by atoms with Crippen molar-refractivity contribution in [1.29, 1.82) is 0 Å². The summed E-state index contributed by atoms with van der Waals surface area (Å²) < 4.78 is 66.2. The van der Waals surface area contributed by atoms with Crippen LogP contribution in [0.15, 0.2) is 36.4 Å². The standard InChI is InChI=1S/C35H57F3O5Si2/c1-33(2,3)44(7,8)42-27(24-40-26-17-15-16-25(22-26)35(36,37)38)20-21-29-28-18-13-11-12-14-19-32(39)41-30(28)23-31(29)43-45(9,10)34(4,5)6/h11,13,15-17,22,27-31H,12,14,18-21,23-24H2,1-10H3/b13-11-/t27-,28-,29-,30+,31-/m1/s1. The van der Waals surface area contributed by atoms with Crippen LogP contribution in [-0.2, 0) is 24.6 Å². The predicted octanol–water partition coefficient (Wildman–Crippen LogP) is 10.3. The van der Waals surface area contributed by atoms with E-state index in [1.807, 2.05) is 0 Å². The third-order valence-corrected chi connectivity index (χ3v) is 19.6. The van der Waals surface area contributed by atoms with Gasteiger partial charge in [0.25, 0.3) is 0 Å². The molecule has 5 atom stereocenters. The molecule has 1 aromatic carbocycles. The van der Waals surface area contributed by atoms with Gasteiger partial charge in [0.15, 0.2) is 16.6 Å². The van der Waals surface area contributed by atoms with Gasteiger partial charge in [-0.15, -0.1) is 0 Å². The lowest BCUT2D eigenvalue weighted by Crippen LogP contribution is -2.46. The van der Waals surface area contributed by atoms with Crippen molar-refractivity contribution in [3.05, 3.63) is 42.0 Å². The first-order chi connectivity index (χ1) is 20.6. The maximum absolute atomic E-state index is 13.4. The fraction of sp³-hybridized carbons (Fsp3) is 0.743. The molecular formula is C35H57F3O5Si2. The molecular weight excluding hydrogens is 614 g/mol. The minimum atomic E-state index is -4.44. The summed E-state index contributed by atoms with van der Waals surface area (Å²) in [6, 6.07) is 5.03. The molecule has 0 unspecified atom stereocenters. The number of hydrogen-bond donors (Lipinski definition) is 0. The van der Waals surface area contributed by atoms with Gasteiger partial charge in [-0.25, -0.2) is 0 Å². The Bertz CT molecular complexity index is 1150. The van der Waals surface area contributed by atoms with E-state index in [0.717, 1.165) is 37.8 Å². The van der Waals surface area contributed by atoms with E-state index in [0.29, 0.717) is 19.3 Å². The third kappa shape index (κ3) is 10.4. The second kappa shape index (κ2) is 14.6. The summed E-state index contributed by atoms with van der Waals surface area (Å²) in [6.45, 7) is 22.3. The lowest BCUT2D eigenvalue weighted by atomic mass is 9.86. The Hall–Kier alpha value is -1.63. The van der Waals surface area contributed by atoms with Gasteiger partial charge >= 0.3 is 12.1 Å². The molecule has 1 aliphatic carbocycles. The Labute approximate surface area is 271 Å². The van der Waals surface area contributed by atoms with Crippen LogP contribution in [0.5, 0.6) is 5.75 Å². The predicted molar refractivity (Wildman–Crippen MR) is 179 cm³/mol. The Balaban J connectivity index is 1.89. The smallest absolute Gasteiger partial charge is 0.416 e. The highest BCUT2D eigenvalue weighted by Gasteiger charge is 2.49. The van der Waals surface area contributed by atoms with E-state index in [9.17, 15) is 18.0 Å². The number of carbonyl (C=O) groups is 1. The van der Waals surface area contributed by atoms with Crippen LogP contribution in [0, 0.1) is 11.8 Å². The van der Waals surface area contributed by atoms with Gasteiger partial charge in [0.1, 0.15) is 18.5 Å². The number of rotatable bonds is 10. The number of fused-ring (bicyclic) bond motifs is 1. The number of esters is 1. The molecule has 0 amide bonds. The summed E-state index contributed by atoms with van der Waals surface area (Å²) in [5.74, 6) is 0.301. The van der Waals surface area contributed by atoms with Gasteiger partial charge in [-0.2, -0.15) is 13.2 Å². The van der Waals surface area contributed by atoms with Gasteiger partial charge in [-0.3, -0.25) is 4.79 Å². The van der Waals surface area contributed by atoms with Crippen molar-refractivity contribution in [3.8, 4) is 5.75 Å². The number of allylic oxidation sites excluding steroid dienone is 2. The first-order valence-electron chi connectivity index (χ1n) is 16.6. The SMILES string of the molecule is CC(C)(C)[Si](C)(C)O[C@H](CC[C@@H]1[C@H]2C/C=C\CCCC(=O)O[C@H]2C[C@H]1O[Si](C)(C)C(C)(C)C)COc1cccc(C(F)(F)F)c1. The molecule has 0 saturated heterocycles. The summed E-state index contributed by atoms with van der Waals surface area (Å²) in [5.41, 5.74) is -0.733. The van der Waals surface area contributed by atoms with E-state index in [1.165, 1.54) is 6.07 Å². The number of alkyl halides is 3. The molecule has 0 aromatic heterocycles. The van der Waals surface area contributed by atoms with Crippen LogP contribution in [-0.4, -0.2) is 47.5 Å². The highest BCUT2D eigenvalue weighted by atomic mass is 28.4. The first-order valence-corrected chi connectivity index (χ1v) is 22.4. The van der Waals surface area contributed by atoms with Gasteiger partial charge < -0.3 is 18.3 Å². The van der Waals surface area contributed by atoms with Gasteiger partial charge in [-0.1, -0.05) is 59.8 Å². The van der Waals surface area contributed by atoms with Crippen molar-refractivity contribution in [2.45, 2.75) is 147 Å². The maximum atomic E-state index is 13.4. The number of halogens is 3. The van der Waals surface area contributed by atoms with Crippen LogP contribution in [0.2, 0.25) is 36.3 Å². The molecule has 1 saturated carbocycles. The van der Waals surface area contributed by atoms with Gasteiger partial charge in [0.2, 0.25) is 0 Å². The molecule has 2 aliphatic rings. The van der Waals surface area contributed by atoms with E-state index in [4.69, 9.17) is 18.3 Å². The number of hydrogen-bond acceptors (Lipinski definition) is 5. The number of ether oxygens (including phenoxy) is 2. The van der Waals surface area contributed by atoms with Crippen LogP contribution in [0.25, 0.3) is 0 Å². The molecule has 1 aliphatic heterocycles. The van der Waals surface area contributed by atoms with E-state index < -0.39 is 28.4 Å². The largest absolute Gasteiger partial charge is 0.491 e. The molecule has 0 bridgehead atoms. The maximum Gasteiger partial charge on any atom is 0.416 e. The summed E-state index contributed by atoms with van der Waals surface area (Å²) >= 11 is 0. The lowest BCUT2D eigenvalue weighted by Gasteiger charge is -2.41. The normalized spacial score (nSPS) is 25.3. The van der Waals surface area contributed by atoms with Crippen LogP contribution < -0.4 is 4.74 Å². The third-order valence-electron chi connectivity index (χ3n) is 10.5. The highest BCUT2D eigenvalue weighted by molar-refractivity contribution is 6.74. The summed E-state index contributed by atoms with van der Waals surface area (Å²) in [5, 5.41) is -0.0272. The van der Waals surface area contributed by atoms with Gasteiger partial charge in [0, 0.05) is 18.8 Å². The average Bonchev–Trinajstić information content (AvgIpc) is 3.20. The van der Waals surface area contributed by atoms with E-state index in [-0.39, 0.29) is 58.5 Å². The van der Waals surface area contributed by atoms with Crippen molar-refractivity contribution in [2.24, 2.45) is 11.8 Å². The van der Waals surface area contributed by atoms with Crippen molar-refractivity contribution in [2.75, 3.05) is 6.61 Å². The molecule has 1 aromatic rings. The molecule has 256 valence electrons. The molecule has 1 heterocycles. The Kier molecular flexibility index (Phi) is 12.3. The van der Waals surface area contributed by atoms with Crippen molar-refractivity contribution in [1.82, 2.24) is 0 Å². The first kappa shape index (κ1) is 37.8. The topological polar surface area (TPSA) is 54.0 Å². The van der Waals surface area contributed by atoms with Gasteiger partial charge in [-0.05, 0) is 92.5 Å². The van der Waals surface area contributed by atoms with Crippen LogP contribution in [0.1, 0.15) is 92.1 Å². The molecule has 0 radical (unpaired) electrons. The molecule has 0 spiro atoms. The quantitative estimate of drug-likeness (QED) is 0.141. The highest BCUT2D eigenvalue weighted by Crippen LogP contribution is 2.47.